The fraction of sp³-hybridized carbons (Fsp3) is 0.500. The Kier molecular flexibility index (Phi) is 2.48. The lowest BCUT2D eigenvalue weighted by molar-refractivity contribution is 0.0738. The van der Waals surface area contributed by atoms with Gasteiger partial charge in [-0.25, -0.2) is 19.4 Å². The molecule has 0 aliphatic carbocycles. The minimum absolute atomic E-state index is 0.265. The van der Waals surface area contributed by atoms with E-state index in [1.54, 1.807) is 4.98 Å². The van der Waals surface area contributed by atoms with Crippen LogP contribution in [-0.2, 0) is 0 Å². The van der Waals surface area contributed by atoms with Gasteiger partial charge in [0, 0.05) is 5.41 Å². The Morgan fingerprint density at radius 2 is 1.80 bits per heavy atom. The summed E-state index contributed by atoms with van der Waals surface area (Å²) in [6.07, 6.45) is 0. The van der Waals surface area contributed by atoms with Gasteiger partial charge in [0.2, 0.25) is 5.91 Å². The fourth-order valence-corrected chi connectivity index (χ4v) is 0.887. The van der Waals surface area contributed by atoms with E-state index in [2.05, 4.69) is 4.42 Å². The highest BCUT2D eigenvalue weighted by molar-refractivity contribution is 5.83. The van der Waals surface area contributed by atoms with Crippen LogP contribution < -0.4 is 17.2 Å². The molecule has 0 saturated heterocycles. The number of carbonyl (C=O) groups excluding carboxylic acids is 1. The lowest BCUT2D eigenvalue weighted by atomic mass is 9.96. The molecule has 0 unspecified atom stereocenters. The summed E-state index contributed by atoms with van der Waals surface area (Å²) in [5.41, 5.74) is -2.01. The molecule has 0 aliphatic heterocycles. The van der Waals surface area contributed by atoms with Crippen LogP contribution >= 0.6 is 0 Å². The monoisotopic (exact) mass is 214 g/mol. The summed E-state index contributed by atoms with van der Waals surface area (Å²) in [6.45, 7) is 4.60. The summed E-state index contributed by atoms with van der Waals surface area (Å²) in [6, 6.07) is 0. The first-order valence-electron chi connectivity index (χ1n) is 4.15. The van der Waals surface area contributed by atoms with Gasteiger partial charge in [0.1, 0.15) is 0 Å². The van der Waals surface area contributed by atoms with Gasteiger partial charge < -0.3 is 4.42 Å². The largest absolute Gasteiger partial charge is 0.434 e. The van der Waals surface area contributed by atoms with Crippen molar-refractivity contribution in [1.29, 1.82) is 0 Å². The molecule has 0 aliphatic rings. The molecular weight excluding hydrogens is 204 g/mol. The van der Waals surface area contributed by atoms with Gasteiger partial charge in [-0.05, 0) is 0 Å². The fourth-order valence-electron chi connectivity index (χ4n) is 0.887. The van der Waals surface area contributed by atoms with Crippen molar-refractivity contribution in [1.82, 2.24) is 9.55 Å². The summed E-state index contributed by atoms with van der Waals surface area (Å²) in [5, 5.41) is 0. The van der Waals surface area contributed by atoms with E-state index in [9.17, 15) is 19.2 Å². The van der Waals surface area contributed by atoms with Crippen molar-refractivity contribution in [2.45, 2.75) is 20.8 Å². The highest BCUT2D eigenvalue weighted by Gasteiger charge is 2.26. The molecule has 0 saturated carbocycles. The van der Waals surface area contributed by atoms with Crippen LogP contribution in [0.1, 0.15) is 25.6 Å². The van der Waals surface area contributed by atoms with Crippen molar-refractivity contribution >= 4 is 5.91 Å². The molecule has 0 aromatic carbocycles. The van der Waals surface area contributed by atoms with Crippen molar-refractivity contribution in [3.05, 3.63) is 31.6 Å². The molecule has 0 bridgehead atoms. The first-order chi connectivity index (χ1) is 6.73. The third kappa shape index (κ3) is 2.12. The number of nitrogens with zero attached hydrogens (tertiary/aromatic N) is 1. The van der Waals surface area contributed by atoms with Gasteiger partial charge in [0.15, 0.2) is 0 Å². The van der Waals surface area contributed by atoms with Crippen LogP contribution in [0, 0.1) is 5.41 Å². The van der Waals surface area contributed by atoms with Crippen LogP contribution in [0.5, 0.6) is 0 Å². The lowest BCUT2D eigenvalue weighted by Gasteiger charge is -2.15. The molecular formula is C8H10N2O5. The van der Waals surface area contributed by atoms with Crippen LogP contribution in [0.25, 0.3) is 0 Å². The Labute approximate surface area is 83.4 Å². The predicted octanol–water partition coefficient (Wildman–Crippen LogP) is -0.824. The standard InChI is InChI=1S/C8H10N2O5/c1-8(2,3)4(11)10-5(12)9-6(13)15-7(10)14/h1-3H3,(H,9,12,13). The molecule has 0 atom stereocenters. The van der Waals surface area contributed by atoms with Gasteiger partial charge in [-0.3, -0.25) is 4.79 Å². The Balaban J connectivity index is 3.54. The van der Waals surface area contributed by atoms with Crippen molar-refractivity contribution in [3.63, 3.8) is 0 Å². The van der Waals surface area contributed by atoms with Gasteiger partial charge in [-0.15, -0.1) is 0 Å². The number of hydrogen-bond acceptors (Lipinski definition) is 5. The third-order valence-corrected chi connectivity index (χ3v) is 1.62. The maximum Gasteiger partial charge on any atom is 0.434 e. The van der Waals surface area contributed by atoms with Crippen molar-refractivity contribution < 1.29 is 9.21 Å². The Morgan fingerprint density at radius 3 is 2.20 bits per heavy atom. The summed E-state index contributed by atoms with van der Waals surface area (Å²) >= 11 is 0. The molecule has 7 nitrogen and oxygen atoms in total. The van der Waals surface area contributed by atoms with Crippen LogP contribution in [0.4, 0.5) is 0 Å². The zero-order valence-corrected chi connectivity index (χ0v) is 8.49. The topological polar surface area (TPSA) is 102 Å². The summed E-state index contributed by atoms with van der Waals surface area (Å²) < 4.78 is 4.35. The summed E-state index contributed by atoms with van der Waals surface area (Å²) in [4.78, 5) is 46.2. The summed E-state index contributed by atoms with van der Waals surface area (Å²) in [5.74, 6) is -3.19. The second-order valence-electron chi connectivity index (χ2n) is 3.98. The molecule has 0 radical (unpaired) electrons. The molecule has 0 spiro atoms. The van der Waals surface area contributed by atoms with E-state index in [0.717, 1.165) is 0 Å². The maximum atomic E-state index is 11.6. The van der Waals surface area contributed by atoms with Crippen LogP contribution in [0.3, 0.4) is 0 Å². The molecule has 1 heterocycles. The molecule has 1 aromatic rings. The Bertz CT molecular complexity index is 520. The normalized spacial score (nSPS) is 11.4. The zero-order chi connectivity index (χ0) is 11.8. The number of hydrogen-bond donors (Lipinski definition) is 1. The number of H-pyrrole nitrogens is 1. The van der Waals surface area contributed by atoms with Crippen LogP contribution in [0.15, 0.2) is 18.8 Å². The van der Waals surface area contributed by atoms with E-state index < -0.39 is 28.5 Å². The van der Waals surface area contributed by atoms with E-state index in [-0.39, 0.29) is 4.57 Å². The van der Waals surface area contributed by atoms with E-state index in [0.29, 0.717) is 0 Å². The molecule has 1 rings (SSSR count). The van der Waals surface area contributed by atoms with Gasteiger partial charge in [0.25, 0.3) is 0 Å². The maximum absolute atomic E-state index is 11.6. The van der Waals surface area contributed by atoms with Crippen molar-refractivity contribution in [2.24, 2.45) is 5.41 Å². The first kappa shape index (κ1) is 11.2. The molecule has 7 heteroatoms. The lowest BCUT2D eigenvalue weighted by Crippen LogP contribution is -2.47. The number of aromatic amines is 1. The molecule has 0 fully saturated rings. The Morgan fingerprint density at radius 1 is 1.27 bits per heavy atom. The minimum atomic E-state index is -1.27. The van der Waals surface area contributed by atoms with E-state index in [1.165, 1.54) is 20.8 Å². The molecule has 1 aromatic heterocycles. The number of nitrogens with one attached hydrogen (secondary N) is 1. The number of rotatable bonds is 0. The van der Waals surface area contributed by atoms with Crippen LogP contribution in [-0.4, -0.2) is 15.5 Å². The second kappa shape index (κ2) is 3.34. The first-order valence-corrected chi connectivity index (χ1v) is 4.15. The van der Waals surface area contributed by atoms with E-state index >= 15 is 0 Å². The molecule has 0 amide bonds. The van der Waals surface area contributed by atoms with Gasteiger partial charge in [-0.1, -0.05) is 20.8 Å². The van der Waals surface area contributed by atoms with Gasteiger partial charge in [-0.2, -0.15) is 4.57 Å². The van der Waals surface area contributed by atoms with E-state index in [4.69, 9.17) is 0 Å². The van der Waals surface area contributed by atoms with Gasteiger partial charge >= 0.3 is 17.2 Å². The van der Waals surface area contributed by atoms with E-state index in [1.807, 2.05) is 0 Å². The molecule has 1 N–H and O–H groups in total. The Hall–Kier alpha value is -1.92. The number of carbonyl (C=O) groups is 1. The van der Waals surface area contributed by atoms with Gasteiger partial charge in [0.05, 0.1) is 0 Å². The van der Waals surface area contributed by atoms with Crippen molar-refractivity contribution in [3.8, 4) is 0 Å². The third-order valence-electron chi connectivity index (χ3n) is 1.62. The van der Waals surface area contributed by atoms with Crippen LogP contribution in [0.2, 0.25) is 0 Å². The molecule has 15 heavy (non-hydrogen) atoms. The second-order valence-corrected chi connectivity index (χ2v) is 3.98. The number of aromatic nitrogens is 2. The SMILES string of the molecule is CC(C)(C)C(=O)n1c(=O)[nH]c(=O)oc1=O. The zero-order valence-electron chi connectivity index (χ0n) is 8.49. The highest BCUT2D eigenvalue weighted by Crippen LogP contribution is 2.13. The minimum Gasteiger partial charge on any atom is -0.358 e. The smallest absolute Gasteiger partial charge is 0.358 e. The predicted molar refractivity (Wildman–Crippen MR) is 49.9 cm³/mol. The quantitative estimate of drug-likeness (QED) is 0.607. The highest BCUT2D eigenvalue weighted by atomic mass is 16.5. The average Bonchev–Trinajstić information content (AvgIpc) is 1.99. The summed E-state index contributed by atoms with van der Waals surface area (Å²) in [7, 11) is 0. The van der Waals surface area contributed by atoms with Crippen molar-refractivity contribution in [2.75, 3.05) is 0 Å². The molecule has 82 valence electrons. The average molecular weight is 214 g/mol.